The number of fused-ring (bicyclic) bond motifs is 3. The molecule has 2 aromatic carbocycles. The predicted molar refractivity (Wildman–Crippen MR) is 111 cm³/mol. The molecule has 0 aliphatic rings. The van der Waals surface area contributed by atoms with Gasteiger partial charge in [0.05, 0.1) is 12.6 Å². The molecule has 0 fully saturated rings. The lowest BCUT2D eigenvalue weighted by Gasteiger charge is -2.29. The first-order valence-corrected chi connectivity index (χ1v) is 10.1. The van der Waals surface area contributed by atoms with Crippen LogP contribution >= 0.6 is 0 Å². The second kappa shape index (κ2) is 9.09. The maximum atomic E-state index is 14.3. The third-order valence-electron chi connectivity index (χ3n) is 4.97. The average Bonchev–Trinajstić information content (AvgIpc) is 3.05. The van der Waals surface area contributed by atoms with Crippen molar-refractivity contribution in [1.82, 2.24) is 5.32 Å². The monoisotopic (exact) mass is 471 g/mol. The third-order valence-corrected chi connectivity index (χ3v) is 4.97. The smallest absolute Gasteiger partial charge is 0.407 e. The van der Waals surface area contributed by atoms with Crippen LogP contribution in [0.3, 0.4) is 0 Å². The van der Waals surface area contributed by atoms with E-state index in [0.717, 1.165) is 32.0 Å². The zero-order chi connectivity index (χ0) is 24.6. The summed E-state index contributed by atoms with van der Waals surface area (Å²) in [6, 6.07) is 3.13. The van der Waals surface area contributed by atoms with E-state index < -0.39 is 47.9 Å². The fourth-order valence-corrected chi connectivity index (χ4v) is 3.58. The van der Waals surface area contributed by atoms with Crippen LogP contribution in [0.5, 0.6) is 0 Å². The molecule has 0 radical (unpaired) electrons. The topological polar surface area (TPSA) is 68.5 Å². The number of Topliss-reactive ketones (excluding diaryl/α,β-unsaturated/α-hetero) is 1. The predicted octanol–water partition coefficient (Wildman–Crippen LogP) is 5.56. The SMILES string of the molecule is CCOC(=O)C(=O)C(CC(C)(C)F)NC(c1ccc2c(c1)oc1ccc(F)cc12)C(F)(F)F. The number of nitrogens with one attached hydrogen (secondary N) is 1. The fourth-order valence-electron chi connectivity index (χ4n) is 3.58. The van der Waals surface area contributed by atoms with Crippen molar-refractivity contribution in [3.05, 3.63) is 47.8 Å². The lowest BCUT2D eigenvalue weighted by molar-refractivity contribution is -0.165. The molecule has 1 heterocycles. The molecule has 0 saturated carbocycles. The standard InChI is InChI=1S/C23H22F5NO4/c1-4-32-21(31)19(30)16(11-22(2,3)25)29-20(23(26,27)28)12-5-7-14-15-10-13(24)6-8-17(15)33-18(14)9-12/h5-10,16,20,29H,4,11H2,1-3H3. The number of halogens is 5. The number of ketones is 1. The van der Waals surface area contributed by atoms with Crippen molar-refractivity contribution in [3.63, 3.8) is 0 Å². The van der Waals surface area contributed by atoms with E-state index in [2.05, 4.69) is 10.1 Å². The summed E-state index contributed by atoms with van der Waals surface area (Å²) in [7, 11) is 0. The average molecular weight is 471 g/mol. The first-order valence-electron chi connectivity index (χ1n) is 10.1. The molecule has 0 amide bonds. The Hall–Kier alpha value is -3.01. The Morgan fingerprint density at radius 3 is 2.33 bits per heavy atom. The van der Waals surface area contributed by atoms with E-state index in [1.54, 1.807) is 0 Å². The van der Waals surface area contributed by atoms with Gasteiger partial charge in [-0.15, -0.1) is 0 Å². The number of hydrogen-bond acceptors (Lipinski definition) is 5. The summed E-state index contributed by atoms with van der Waals surface area (Å²) in [4.78, 5) is 24.3. The normalized spacial score (nSPS) is 14.4. The summed E-state index contributed by atoms with van der Waals surface area (Å²) in [5.41, 5.74) is -2.02. The minimum atomic E-state index is -4.90. The Labute approximate surface area is 185 Å². The number of carbonyl (C=O) groups is 2. The van der Waals surface area contributed by atoms with Gasteiger partial charge in [-0.05, 0) is 50.6 Å². The molecule has 5 nitrogen and oxygen atoms in total. The largest absolute Gasteiger partial charge is 0.460 e. The lowest BCUT2D eigenvalue weighted by Crippen LogP contribution is -2.49. The first-order chi connectivity index (χ1) is 15.3. The van der Waals surface area contributed by atoms with Crippen LogP contribution in [0.15, 0.2) is 40.8 Å². The van der Waals surface area contributed by atoms with Crippen LogP contribution in [-0.4, -0.2) is 36.2 Å². The summed E-state index contributed by atoms with van der Waals surface area (Å²) in [6.45, 7) is 3.44. The summed E-state index contributed by atoms with van der Waals surface area (Å²) in [5.74, 6) is -3.19. The molecule has 0 aliphatic carbocycles. The van der Waals surface area contributed by atoms with Crippen molar-refractivity contribution < 1.29 is 40.7 Å². The van der Waals surface area contributed by atoms with Gasteiger partial charge in [0.25, 0.3) is 5.78 Å². The van der Waals surface area contributed by atoms with E-state index >= 15 is 0 Å². The molecule has 0 spiro atoms. The number of rotatable bonds is 8. The van der Waals surface area contributed by atoms with Crippen LogP contribution in [0, 0.1) is 5.82 Å². The minimum absolute atomic E-state index is 0.0724. The van der Waals surface area contributed by atoms with E-state index in [4.69, 9.17) is 4.42 Å². The van der Waals surface area contributed by atoms with Gasteiger partial charge in [-0.2, -0.15) is 13.2 Å². The second-order valence-electron chi connectivity index (χ2n) is 8.20. The van der Waals surface area contributed by atoms with Crippen LogP contribution in [-0.2, 0) is 14.3 Å². The van der Waals surface area contributed by atoms with Gasteiger partial charge in [0.15, 0.2) is 0 Å². The van der Waals surface area contributed by atoms with Crippen molar-refractivity contribution in [2.24, 2.45) is 0 Å². The van der Waals surface area contributed by atoms with Gasteiger partial charge in [-0.3, -0.25) is 10.1 Å². The zero-order valence-corrected chi connectivity index (χ0v) is 18.1. The van der Waals surface area contributed by atoms with Crippen LogP contribution in [0.2, 0.25) is 0 Å². The number of esters is 1. The maximum absolute atomic E-state index is 14.3. The highest BCUT2D eigenvalue weighted by Crippen LogP contribution is 2.37. The summed E-state index contributed by atoms with van der Waals surface area (Å²) in [6.07, 6.45) is -5.59. The van der Waals surface area contributed by atoms with Gasteiger partial charge in [-0.1, -0.05) is 12.1 Å². The maximum Gasteiger partial charge on any atom is 0.407 e. The lowest BCUT2D eigenvalue weighted by atomic mass is 9.95. The van der Waals surface area contributed by atoms with Crippen molar-refractivity contribution in [2.45, 2.75) is 51.1 Å². The quantitative estimate of drug-likeness (QED) is 0.265. The van der Waals surface area contributed by atoms with Crippen LogP contribution in [0.25, 0.3) is 21.9 Å². The van der Waals surface area contributed by atoms with Crippen LogP contribution < -0.4 is 5.32 Å². The number of carbonyl (C=O) groups excluding carboxylic acids is 2. The minimum Gasteiger partial charge on any atom is -0.460 e. The van der Waals surface area contributed by atoms with E-state index in [9.17, 15) is 31.5 Å². The van der Waals surface area contributed by atoms with Crippen LogP contribution in [0.1, 0.15) is 38.8 Å². The zero-order valence-electron chi connectivity index (χ0n) is 18.1. The van der Waals surface area contributed by atoms with Gasteiger partial charge in [0.1, 0.15) is 28.7 Å². The van der Waals surface area contributed by atoms with E-state index in [0.29, 0.717) is 10.8 Å². The van der Waals surface area contributed by atoms with Crippen molar-refractivity contribution >= 4 is 33.7 Å². The molecule has 178 valence electrons. The molecule has 3 rings (SSSR count). The van der Waals surface area contributed by atoms with Gasteiger partial charge in [-0.25, -0.2) is 13.6 Å². The van der Waals surface area contributed by atoms with E-state index in [1.165, 1.54) is 25.1 Å². The number of hydrogen-bond donors (Lipinski definition) is 1. The molecular weight excluding hydrogens is 449 g/mol. The molecule has 2 unspecified atom stereocenters. The van der Waals surface area contributed by atoms with E-state index in [1.807, 2.05) is 0 Å². The van der Waals surface area contributed by atoms with Crippen molar-refractivity contribution in [1.29, 1.82) is 0 Å². The van der Waals surface area contributed by atoms with E-state index in [-0.39, 0.29) is 23.3 Å². The molecular formula is C23H22F5NO4. The summed E-state index contributed by atoms with van der Waals surface area (Å²) >= 11 is 0. The molecule has 2 atom stereocenters. The van der Waals surface area contributed by atoms with Gasteiger partial charge >= 0.3 is 12.1 Å². The highest BCUT2D eigenvalue weighted by Gasteiger charge is 2.45. The van der Waals surface area contributed by atoms with Gasteiger partial charge in [0.2, 0.25) is 0 Å². The first kappa shape index (κ1) is 24.6. The Balaban J connectivity index is 2.03. The summed E-state index contributed by atoms with van der Waals surface area (Å²) < 4.78 is 80.0. The molecule has 1 N–H and O–H groups in total. The van der Waals surface area contributed by atoms with Crippen molar-refractivity contribution in [2.75, 3.05) is 6.61 Å². The molecule has 0 bridgehead atoms. The number of ether oxygens (including phenoxy) is 1. The molecule has 0 saturated heterocycles. The number of benzene rings is 2. The summed E-state index contributed by atoms with van der Waals surface area (Å²) in [5, 5.41) is 2.89. The number of furan rings is 1. The van der Waals surface area contributed by atoms with Crippen molar-refractivity contribution in [3.8, 4) is 0 Å². The second-order valence-corrected chi connectivity index (χ2v) is 8.20. The molecule has 0 aliphatic heterocycles. The molecule has 3 aromatic rings. The van der Waals surface area contributed by atoms with Gasteiger partial charge < -0.3 is 9.15 Å². The molecule has 33 heavy (non-hydrogen) atoms. The molecule has 10 heteroatoms. The number of alkyl halides is 4. The Kier molecular flexibility index (Phi) is 6.78. The molecule has 1 aromatic heterocycles. The Morgan fingerprint density at radius 2 is 1.73 bits per heavy atom. The highest BCUT2D eigenvalue weighted by atomic mass is 19.4. The van der Waals surface area contributed by atoms with Gasteiger partial charge in [0, 0.05) is 17.2 Å². The Bertz CT molecular complexity index is 1180. The fraction of sp³-hybridized carbons (Fsp3) is 0.391. The highest BCUT2D eigenvalue weighted by molar-refractivity contribution is 6.35. The van der Waals surface area contributed by atoms with Crippen LogP contribution in [0.4, 0.5) is 22.0 Å². The Morgan fingerprint density at radius 1 is 1.03 bits per heavy atom. The third kappa shape index (κ3) is 5.68.